The smallest absolute Gasteiger partial charge is 0.265 e. The summed E-state index contributed by atoms with van der Waals surface area (Å²) in [6, 6.07) is 1.75. The maximum absolute atomic E-state index is 11.3. The zero-order valence-electron chi connectivity index (χ0n) is 7.28. The third kappa shape index (κ3) is 1.35. The van der Waals surface area contributed by atoms with Crippen molar-refractivity contribution in [3.05, 3.63) is 18.5 Å². The van der Waals surface area contributed by atoms with Gasteiger partial charge in [-0.15, -0.1) is 0 Å². The maximum Gasteiger partial charge on any atom is 0.265 e. The van der Waals surface area contributed by atoms with Crippen LogP contribution in [0.5, 0.6) is 5.75 Å². The Kier molecular flexibility index (Phi) is 1.88. The quantitative estimate of drug-likeness (QED) is 0.702. The summed E-state index contributed by atoms with van der Waals surface area (Å²) in [5, 5.41) is 2.73. The molecule has 1 aromatic rings. The van der Waals surface area contributed by atoms with Gasteiger partial charge in [-0.3, -0.25) is 9.78 Å². The van der Waals surface area contributed by atoms with Gasteiger partial charge in [-0.25, -0.2) is 0 Å². The number of pyridine rings is 1. The normalized spacial score (nSPS) is 20.1. The van der Waals surface area contributed by atoms with Crippen molar-refractivity contribution in [2.24, 2.45) is 0 Å². The number of anilines is 1. The molecular formula is C9H10N2O2. The summed E-state index contributed by atoms with van der Waals surface area (Å²) in [5.41, 5.74) is 0.650. The number of nitrogens with zero attached hydrogens (tertiary/aromatic N) is 1. The van der Waals surface area contributed by atoms with Crippen LogP contribution in [0.2, 0.25) is 0 Å². The molecule has 68 valence electrons. The Labute approximate surface area is 75.9 Å². The standard InChI is InChI=1S/C9H10N2O2/c1-2-7-9(12)11-6-5-10-4-3-8(6)13-7/h3-5,7H,2H2,1H3,(H,11,12). The summed E-state index contributed by atoms with van der Waals surface area (Å²) in [6.45, 7) is 1.91. The fourth-order valence-corrected chi connectivity index (χ4v) is 1.27. The van der Waals surface area contributed by atoms with Crippen LogP contribution in [-0.4, -0.2) is 17.0 Å². The number of carbonyl (C=O) groups is 1. The Morgan fingerprint density at radius 3 is 3.31 bits per heavy atom. The van der Waals surface area contributed by atoms with Gasteiger partial charge >= 0.3 is 0 Å². The monoisotopic (exact) mass is 178 g/mol. The number of hydrogen-bond donors (Lipinski definition) is 1. The second-order valence-corrected chi connectivity index (χ2v) is 2.88. The van der Waals surface area contributed by atoms with Crippen LogP contribution in [-0.2, 0) is 4.79 Å². The van der Waals surface area contributed by atoms with Gasteiger partial charge < -0.3 is 10.1 Å². The number of amides is 1. The molecule has 1 aliphatic rings. The van der Waals surface area contributed by atoms with E-state index in [4.69, 9.17) is 4.74 Å². The number of hydrogen-bond acceptors (Lipinski definition) is 3. The number of nitrogens with one attached hydrogen (secondary N) is 1. The molecule has 0 saturated carbocycles. The molecule has 1 atom stereocenters. The van der Waals surface area contributed by atoms with Gasteiger partial charge in [-0.1, -0.05) is 6.92 Å². The summed E-state index contributed by atoms with van der Waals surface area (Å²) in [5.74, 6) is 0.601. The molecule has 0 aromatic carbocycles. The second-order valence-electron chi connectivity index (χ2n) is 2.88. The predicted molar refractivity (Wildman–Crippen MR) is 47.6 cm³/mol. The molecule has 1 unspecified atom stereocenters. The fourth-order valence-electron chi connectivity index (χ4n) is 1.27. The Bertz CT molecular complexity index is 338. The summed E-state index contributed by atoms with van der Waals surface area (Å²) in [7, 11) is 0. The highest BCUT2D eigenvalue weighted by molar-refractivity contribution is 5.97. The van der Waals surface area contributed by atoms with Crippen LogP contribution in [0.3, 0.4) is 0 Å². The van der Waals surface area contributed by atoms with E-state index >= 15 is 0 Å². The Morgan fingerprint density at radius 1 is 1.69 bits per heavy atom. The highest BCUT2D eigenvalue weighted by Crippen LogP contribution is 2.28. The highest BCUT2D eigenvalue weighted by atomic mass is 16.5. The zero-order valence-corrected chi connectivity index (χ0v) is 7.28. The summed E-state index contributed by atoms with van der Waals surface area (Å²) in [4.78, 5) is 15.2. The molecule has 1 N–H and O–H groups in total. The average Bonchev–Trinajstić information content (AvgIpc) is 2.17. The molecule has 0 aliphatic carbocycles. The largest absolute Gasteiger partial charge is 0.478 e. The number of ether oxygens (including phenoxy) is 1. The van der Waals surface area contributed by atoms with Crippen molar-refractivity contribution in [3.63, 3.8) is 0 Å². The molecule has 13 heavy (non-hydrogen) atoms. The number of aromatic nitrogens is 1. The van der Waals surface area contributed by atoms with E-state index in [1.165, 1.54) is 0 Å². The van der Waals surface area contributed by atoms with E-state index in [1.54, 1.807) is 18.5 Å². The topological polar surface area (TPSA) is 51.2 Å². The van der Waals surface area contributed by atoms with Gasteiger partial charge in [0.2, 0.25) is 0 Å². The van der Waals surface area contributed by atoms with Crippen LogP contribution >= 0.6 is 0 Å². The lowest BCUT2D eigenvalue weighted by atomic mass is 10.2. The van der Waals surface area contributed by atoms with Gasteiger partial charge in [0.1, 0.15) is 11.4 Å². The number of rotatable bonds is 1. The third-order valence-corrected chi connectivity index (χ3v) is 1.97. The molecule has 0 bridgehead atoms. The van der Waals surface area contributed by atoms with Crippen LogP contribution in [0.1, 0.15) is 13.3 Å². The van der Waals surface area contributed by atoms with Gasteiger partial charge in [-0.2, -0.15) is 0 Å². The molecule has 1 amide bonds. The molecule has 0 fully saturated rings. The van der Waals surface area contributed by atoms with Crippen molar-refractivity contribution in [3.8, 4) is 5.75 Å². The van der Waals surface area contributed by atoms with E-state index in [0.717, 1.165) is 0 Å². The van der Waals surface area contributed by atoms with Gasteiger partial charge in [-0.05, 0) is 6.42 Å². The molecule has 0 spiro atoms. The van der Waals surface area contributed by atoms with Gasteiger partial charge in [0.05, 0.1) is 6.20 Å². The van der Waals surface area contributed by atoms with E-state index in [9.17, 15) is 4.79 Å². The van der Waals surface area contributed by atoms with Crippen molar-refractivity contribution >= 4 is 11.6 Å². The number of carbonyl (C=O) groups excluding carboxylic acids is 1. The van der Waals surface area contributed by atoms with Gasteiger partial charge in [0.25, 0.3) is 5.91 Å². The van der Waals surface area contributed by atoms with Gasteiger partial charge in [0, 0.05) is 12.3 Å². The molecule has 4 nitrogen and oxygen atoms in total. The van der Waals surface area contributed by atoms with E-state index in [0.29, 0.717) is 17.9 Å². The van der Waals surface area contributed by atoms with Crippen molar-refractivity contribution in [1.82, 2.24) is 4.98 Å². The first-order valence-electron chi connectivity index (χ1n) is 4.23. The SMILES string of the molecule is CCC1Oc2ccncc2NC1=O. The van der Waals surface area contributed by atoms with Crippen LogP contribution < -0.4 is 10.1 Å². The number of fused-ring (bicyclic) bond motifs is 1. The molecule has 0 saturated heterocycles. The summed E-state index contributed by atoms with van der Waals surface area (Å²) < 4.78 is 5.44. The van der Waals surface area contributed by atoms with E-state index in [1.807, 2.05) is 6.92 Å². The Balaban J connectivity index is 2.33. The van der Waals surface area contributed by atoms with E-state index in [2.05, 4.69) is 10.3 Å². The van der Waals surface area contributed by atoms with Gasteiger partial charge in [0.15, 0.2) is 6.10 Å². The first kappa shape index (κ1) is 8.04. The first-order valence-corrected chi connectivity index (χ1v) is 4.23. The molecular weight excluding hydrogens is 168 g/mol. The Morgan fingerprint density at radius 2 is 2.54 bits per heavy atom. The van der Waals surface area contributed by atoms with E-state index < -0.39 is 0 Å². The molecule has 1 aliphatic heterocycles. The van der Waals surface area contributed by atoms with Crippen LogP contribution in [0.15, 0.2) is 18.5 Å². The molecule has 1 aromatic heterocycles. The average molecular weight is 178 g/mol. The van der Waals surface area contributed by atoms with Crippen LogP contribution in [0.25, 0.3) is 0 Å². The lowest BCUT2D eigenvalue weighted by molar-refractivity contribution is -0.123. The van der Waals surface area contributed by atoms with E-state index in [-0.39, 0.29) is 12.0 Å². The molecule has 4 heteroatoms. The minimum absolute atomic E-state index is 0.0944. The van der Waals surface area contributed by atoms with Crippen molar-refractivity contribution < 1.29 is 9.53 Å². The highest BCUT2D eigenvalue weighted by Gasteiger charge is 2.25. The lowest BCUT2D eigenvalue weighted by Gasteiger charge is -2.24. The second kappa shape index (κ2) is 3.05. The minimum atomic E-state index is -0.366. The summed E-state index contributed by atoms with van der Waals surface area (Å²) >= 11 is 0. The maximum atomic E-state index is 11.3. The molecule has 2 rings (SSSR count). The lowest BCUT2D eigenvalue weighted by Crippen LogP contribution is -2.36. The predicted octanol–water partition coefficient (Wildman–Crippen LogP) is 1.19. The fraction of sp³-hybridized carbons (Fsp3) is 0.333. The molecule has 2 heterocycles. The molecule has 0 radical (unpaired) electrons. The Hall–Kier alpha value is -1.58. The van der Waals surface area contributed by atoms with Crippen LogP contribution in [0, 0.1) is 0 Å². The van der Waals surface area contributed by atoms with Crippen molar-refractivity contribution in [2.45, 2.75) is 19.4 Å². The van der Waals surface area contributed by atoms with Crippen molar-refractivity contribution in [1.29, 1.82) is 0 Å². The van der Waals surface area contributed by atoms with Crippen molar-refractivity contribution in [2.75, 3.05) is 5.32 Å². The first-order chi connectivity index (χ1) is 6.31. The minimum Gasteiger partial charge on any atom is -0.478 e. The van der Waals surface area contributed by atoms with Crippen LogP contribution in [0.4, 0.5) is 5.69 Å². The zero-order chi connectivity index (χ0) is 9.26. The third-order valence-electron chi connectivity index (χ3n) is 1.97. The summed E-state index contributed by atoms with van der Waals surface area (Å²) in [6.07, 6.45) is 3.53.